The van der Waals surface area contributed by atoms with Gasteiger partial charge in [-0.2, -0.15) is 0 Å². The highest BCUT2D eigenvalue weighted by molar-refractivity contribution is 5.86. The fourth-order valence-electron chi connectivity index (χ4n) is 0. The maximum atomic E-state index is 0. The van der Waals surface area contributed by atoms with Crippen LogP contribution in [-0.2, 0) is 0 Å². The van der Waals surface area contributed by atoms with Crippen molar-refractivity contribution < 1.29 is 1.43 Å². The summed E-state index contributed by atoms with van der Waals surface area (Å²) in [5, 5.41) is 0. The molecule has 5 heteroatoms. The molecule has 0 aliphatic carbocycles. The van der Waals surface area contributed by atoms with Crippen molar-refractivity contribution in [3.63, 3.8) is 0 Å². The lowest BCUT2D eigenvalue weighted by Crippen LogP contribution is -0.381. The van der Waals surface area contributed by atoms with Crippen LogP contribution in [0.5, 0.6) is 0 Å². The van der Waals surface area contributed by atoms with Crippen LogP contribution in [0.2, 0.25) is 0 Å². The lowest BCUT2D eigenvalue weighted by Gasteiger charge is -0.148. The van der Waals surface area contributed by atoms with Crippen LogP contribution < -0.4 is 0 Å². The van der Waals surface area contributed by atoms with Gasteiger partial charge in [0.05, 0.1) is 0 Å². The van der Waals surface area contributed by atoms with E-state index in [0.717, 1.165) is 0 Å². The number of halogens is 4. The SMILES string of the molecule is Cl.Cl.Cl.Cl.[H].[Si]. The van der Waals surface area contributed by atoms with E-state index < -0.39 is 0 Å². The van der Waals surface area contributed by atoms with Crippen LogP contribution in [-0.4, -0.2) is 11.0 Å². The van der Waals surface area contributed by atoms with Crippen molar-refractivity contribution in [2.24, 2.45) is 0 Å². The molecule has 0 heterocycles. The third kappa shape index (κ3) is 32.3. The van der Waals surface area contributed by atoms with Crippen molar-refractivity contribution in [1.29, 1.82) is 0 Å². The van der Waals surface area contributed by atoms with Crippen molar-refractivity contribution >= 4 is 60.6 Å². The Balaban J connectivity index is 0. The molecule has 0 unspecified atom stereocenters. The molecule has 5 radical (unpaired) electrons. The minimum absolute atomic E-state index is 0. The zero-order valence-electron chi connectivity index (χ0n) is 3.13. The Morgan fingerprint density at radius 3 is 0.600 bits per heavy atom. The predicted octanol–water partition coefficient (Wildman–Crippen LogP) is 1.42. The number of hydrogen-bond acceptors (Lipinski definition) is 0. The van der Waals surface area contributed by atoms with Crippen molar-refractivity contribution in [2.45, 2.75) is 0 Å². The summed E-state index contributed by atoms with van der Waals surface area (Å²) in [5.74, 6) is 0. The normalized spacial score (nSPS) is 0. The van der Waals surface area contributed by atoms with Crippen LogP contribution in [0.25, 0.3) is 0 Å². The van der Waals surface area contributed by atoms with Gasteiger partial charge >= 0.3 is 0 Å². The maximum Gasteiger partial charge on any atom is 0 e. The van der Waals surface area contributed by atoms with E-state index in [0.29, 0.717) is 0 Å². The Kier molecular flexibility index (Phi) is 1060. The average Bonchev–Trinajstić information content (AvgIpc) is 0. The van der Waals surface area contributed by atoms with Gasteiger partial charge in [0.2, 0.25) is 0 Å². The summed E-state index contributed by atoms with van der Waals surface area (Å²) < 4.78 is 0. The molecule has 0 fully saturated rings. The summed E-state index contributed by atoms with van der Waals surface area (Å²) in [6, 6.07) is 0. The Morgan fingerprint density at radius 2 is 0.600 bits per heavy atom. The van der Waals surface area contributed by atoms with Crippen LogP contribution in [0.3, 0.4) is 0 Å². The van der Waals surface area contributed by atoms with E-state index in [1.807, 2.05) is 0 Å². The van der Waals surface area contributed by atoms with E-state index in [4.69, 9.17) is 0 Å². The van der Waals surface area contributed by atoms with E-state index in [1.54, 1.807) is 0 Å². The molecule has 0 aliphatic heterocycles. The first kappa shape index (κ1) is 97.2. The molecule has 0 spiro atoms. The minimum atomic E-state index is 0. The van der Waals surface area contributed by atoms with Crippen LogP contribution in [0.1, 0.15) is 1.43 Å². The molecule has 0 aliphatic rings. The van der Waals surface area contributed by atoms with Crippen molar-refractivity contribution in [3.05, 3.63) is 0 Å². The van der Waals surface area contributed by atoms with E-state index in [1.165, 1.54) is 0 Å². The summed E-state index contributed by atoms with van der Waals surface area (Å²) in [5.41, 5.74) is 0. The van der Waals surface area contributed by atoms with Gasteiger partial charge in [0.15, 0.2) is 0 Å². The molecule has 5 heavy (non-hydrogen) atoms. The Labute approximate surface area is 62.2 Å². The first-order chi connectivity index (χ1) is 0. The third-order valence-corrected chi connectivity index (χ3v) is 0. The van der Waals surface area contributed by atoms with Gasteiger partial charge in [0.25, 0.3) is 0 Å². The number of hydrogen-bond donors (Lipinski definition) is 0. The van der Waals surface area contributed by atoms with E-state index >= 15 is 0 Å². The van der Waals surface area contributed by atoms with Crippen LogP contribution in [0, 0.1) is 0 Å². The standard InChI is InChI=1S/4ClH.Si.H/h4*1H;;. The second-order valence-electron chi connectivity index (χ2n) is 0. The van der Waals surface area contributed by atoms with E-state index in [9.17, 15) is 0 Å². The Morgan fingerprint density at radius 1 is 0.600 bits per heavy atom. The summed E-state index contributed by atoms with van der Waals surface area (Å²) in [4.78, 5) is 0. The lowest BCUT2D eigenvalue weighted by atomic mass is 28.1. The fourth-order valence-corrected chi connectivity index (χ4v) is 0. The monoisotopic (exact) mass is 173 g/mol. The minimum Gasteiger partial charge on any atom is -0.147 e. The molecule has 0 aromatic rings. The fraction of sp³-hybridized carbons (Fsp3) is 0. The van der Waals surface area contributed by atoms with Gasteiger partial charge in [0.1, 0.15) is 0 Å². The van der Waals surface area contributed by atoms with Gasteiger partial charge in [-0.3, -0.25) is 0 Å². The van der Waals surface area contributed by atoms with Crippen molar-refractivity contribution in [1.82, 2.24) is 0 Å². The van der Waals surface area contributed by atoms with Crippen molar-refractivity contribution in [2.75, 3.05) is 0 Å². The Hall–Kier alpha value is 1.38. The molecule has 0 amide bonds. The molecular weight excluding hydrogens is 170 g/mol. The zero-order chi connectivity index (χ0) is 0. The van der Waals surface area contributed by atoms with E-state index in [2.05, 4.69) is 0 Å². The highest BCUT2D eigenvalue weighted by Gasteiger charge is 0.0000279. The summed E-state index contributed by atoms with van der Waals surface area (Å²) in [6.45, 7) is 0. The largest absolute Gasteiger partial charge is 0.147 e. The molecule has 0 saturated heterocycles. The maximum absolute atomic E-state index is 0. The first-order valence-electron chi connectivity index (χ1n) is 0. The average molecular weight is 175 g/mol. The molecule has 0 aromatic carbocycles. The molecule has 37 valence electrons. The third-order valence-electron chi connectivity index (χ3n) is 0. The summed E-state index contributed by atoms with van der Waals surface area (Å²) >= 11 is 0. The first-order valence-corrected chi connectivity index (χ1v) is 0. The smallest absolute Gasteiger partial charge is 0 e. The summed E-state index contributed by atoms with van der Waals surface area (Å²) in [7, 11) is 0. The van der Waals surface area contributed by atoms with E-state index in [-0.39, 0.29) is 62.0 Å². The molecule has 0 bridgehead atoms. The second-order valence-corrected chi connectivity index (χ2v) is 0. The molecule has 0 atom stereocenters. The lowest BCUT2D eigenvalue weighted by molar-refractivity contribution is 5.75. The molecule has 0 saturated carbocycles. The van der Waals surface area contributed by atoms with Gasteiger partial charge in [-0.1, -0.05) is 0 Å². The topological polar surface area (TPSA) is 0 Å². The molecule has 0 nitrogen and oxygen atoms in total. The Bertz CT molecular complexity index is 7.51. The highest BCUT2D eigenvalue weighted by atomic mass is 35.5. The zero-order valence-corrected chi connectivity index (χ0v) is 6.40. The predicted molar refractivity (Wildman–Crippen MR) is 35.9 cm³/mol. The van der Waals surface area contributed by atoms with Gasteiger partial charge in [-0.25, -0.2) is 0 Å². The van der Waals surface area contributed by atoms with Crippen LogP contribution in [0.15, 0.2) is 0 Å². The molecule has 0 N–H and O–H groups in total. The molecular formula is H5Cl4Si. The van der Waals surface area contributed by atoms with Crippen LogP contribution >= 0.6 is 49.6 Å². The van der Waals surface area contributed by atoms with Gasteiger partial charge in [0, 0.05) is 12.4 Å². The molecule has 0 rings (SSSR count). The molecule has 0 aromatic heterocycles. The van der Waals surface area contributed by atoms with Gasteiger partial charge < -0.3 is 0 Å². The quantitative estimate of drug-likeness (QED) is 0.488. The van der Waals surface area contributed by atoms with Crippen LogP contribution in [0.4, 0.5) is 0 Å². The van der Waals surface area contributed by atoms with Gasteiger partial charge in [-0.05, 0) is 0 Å². The van der Waals surface area contributed by atoms with Gasteiger partial charge in [-0.15, -0.1) is 49.6 Å². The number of rotatable bonds is 0. The summed E-state index contributed by atoms with van der Waals surface area (Å²) in [6.07, 6.45) is 0. The second kappa shape index (κ2) is 54.3. The highest BCUT2D eigenvalue weighted by Crippen LogP contribution is 0.693. The van der Waals surface area contributed by atoms with Crippen molar-refractivity contribution in [3.8, 4) is 0 Å².